The summed E-state index contributed by atoms with van der Waals surface area (Å²) in [6.45, 7) is 0.287. The zero-order valence-corrected chi connectivity index (χ0v) is 12.6. The van der Waals surface area contributed by atoms with Gasteiger partial charge in [0.15, 0.2) is 0 Å². The third-order valence-electron chi connectivity index (χ3n) is 5.92. The normalized spacial score (nSPS) is 30.5. The summed E-state index contributed by atoms with van der Waals surface area (Å²) in [7, 11) is 0. The lowest BCUT2D eigenvalue weighted by Gasteiger charge is -2.26. The van der Waals surface area contributed by atoms with Crippen LogP contribution in [-0.2, 0) is 21.4 Å². The van der Waals surface area contributed by atoms with Crippen molar-refractivity contribution < 1.29 is 14.7 Å². The van der Waals surface area contributed by atoms with Gasteiger partial charge in [0.05, 0.1) is 5.41 Å². The number of benzene rings is 1. The number of hydrogen-bond donors (Lipinski definition) is 2. The van der Waals surface area contributed by atoms with Gasteiger partial charge >= 0.3 is 5.97 Å². The van der Waals surface area contributed by atoms with E-state index in [1.165, 1.54) is 11.1 Å². The van der Waals surface area contributed by atoms with Gasteiger partial charge in [0.2, 0.25) is 5.91 Å². The van der Waals surface area contributed by atoms with Gasteiger partial charge in [-0.2, -0.15) is 0 Å². The second-order valence-corrected chi connectivity index (χ2v) is 7.23. The Bertz CT molecular complexity index is 649. The van der Waals surface area contributed by atoms with Crippen molar-refractivity contribution in [3.05, 3.63) is 35.4 Å². The molecule has 1 aromatic carbocycles. The quantitative estimate of drug-likeness (QED) is 0.896. The van der Waals surface area contributed by atoms with Gasteiger partial charge in [0.1, 0.15) is 0 Å². The minimum absolute atomic E-state index is 0.0264. The third-order valence-corrected chi connectivity index (χ3v) is 5.92. The van der Waals surface area contributed by atoms with Crippen molar-refractivity contribution >= 4 is 11.9 Å². The van der Waals surface area contributed by atoms with E-state index >= 15 is 0 Å². The van der Waals surface area contributed by atoms with Gasteiger partial charge in [-0.15, -0.1) is 0 Å². The molecule has 2 N–H and O–H groups in total. The molecule has 22 heavy (non-hydrogen) atoms. The van der Waals surface area contributed by atoms with Crippen molar-refractivity contribution in [2.75, 3.05) is 6.54 Å². The second-order valence-electron chi connectivity index (χ2n) is 7.23. The van der Waals surface area contributed by atoms with E-state index in [1.54, 1.807) is 0 Å². The summed E-state index contributed by atoms with van der Waals surface area (Å²) in [5.74, 6) is -0.705. The van der Waals surface area contributed by atoms with E-state index in [2.05, 4.69) is 29.6 Å². The zero-order valence-electron chi connectivity index (χ0n) is 12.6. The number of hydrogen-bond acceptors (Lipinski definition) is 2. The van der Waals surface area contributed by atoms with Gasteiger partial charge in [-0.3, -0.25) is 9.59 Å². The zero-order chi connectivity index (χ0) is 15.4. The number of aryl methyl sites for hydroxylation is 1. The Morgan fingerprint density at radius 3 is 2.73 bits per heavy atom. The van der Waals surface area contributed by atoms with Crippen LogP contribution in [0, 0.1) is 11.3 Å². The lowest BCUT2D eigenvalue weighted by atomic mass is 9.78. The van der Waals surface area contributed by atoms with E-state index < -0.39 is 11.4 Å². The maximum absolute atomic E-state index is 12.5. The molecule has 0 heterocycles. The van der Waals surface area contributed by atoms with Gasteiger partial charge in [-0.1, -0.05) is 24.3 Å². The van der Waals surface area contributed by atoms with E-state index in [9.17, 15) is 14.7 Å². The summed E-state index contributed by atoms with van der Waals surface area (Å²) in [5.41, 5.74) is 2.08. The molecule has 1 aromatic rings. The fourth-order valence-electron chi connectivity index (χ4n) is 4.17. The van der Waals surface area contributed by atoms with E-state index in [0.29, 0.717) is 12.8 Å². The van der Waals surface area contributed by atoms with Gasteiger partial charge in [-0.25, -0.2) is 0 Å². The van der Waals surface area contributed by atoms with Crippen LogP contribution in [0.25, 0.3) is 0 Å². The summed E-state index contributed by atoms with van der Waals surface area (Å²) < 4.78 is 0. The first-order valence-electron chi connectivity index (χ1n) is 8.17. The average Bonchev–Trinajstić information content (AvgIpc) is 3.41. The first-order valence-corrected chi connectivity index (χ1v) is 8.17. The van der Waals surface area contributed by atoms with Crippen LogP contribution in [0.5, 0.6) is 0 Å². The number of nitrogens with one attached hydrogen (secondary N) is 1. The number of carbonyl (C=O) groups excluding carboxylic acids is 1. The molecule has 1 amide bonds. The van der Waals surface area contributed by atoms with Crippen LogP contribution in [-0.4, -0.2) is 23.5 Å². The molecule has 2 saturated carbocycles. The highest BCUT2D eigenvalue weighted by atomic mass is 16.4. The molecular formula is C18H21NO3. The minimum Gasteiger partial charge on any atom is -0.481 e. The highest BCUT2D eigenvalue weighted by Crippen LogP contribution is 2.60. The van der Waals surface area contributed by atoms with Gasteiger partial charge in [0, 0.05) is 17.9 Å². The smallest absolute Gasteiger partial charge is 0.311 e. The molecule has 116 valence electrons. The maximum Gasteiger partial charge on any atom is 0.311 e. The number of carboxylic acids is 1. The summed E-state index contributed by atoms with van der Waals surface area (Å²) in [6.07, 6.45) is 5.60. The Morgan fingerprint density at radius 1 is 1.23 bits per heavy atom. The van der Waals surface area contributed by atoms with E-state index in [-0.39, 0.29) is 23.8 Å². The molecule has 1 spiro atoms. The topological polar surface area (TPSA) is 66.4 Å². The first kappa shape index (κ1) is 13.8. The second kappa shape index (κ2) is 4.58. The van der Waals surface area contributed by atoms with Crippen molar-refractivity contribution in [2.45, 2.75) is 43.9 Å². The Morgan fingerprint density at radius 2 is 2.00 bits per heavy atom. The molecule has 2 unspecified atom stereocenters. The summed E-state index contributed by atoms with van der Waals surface area (Å²) >= 11 is 0. The van der Waals surface area contributed by atoms with Crippen LogP contribution in [0.1, 0.15) is 43.2 Å². The molecule has 0 saturated heterocycles. The SMILES string of the molecule is O=C(NCC1(C(=O)O)CC1)C1CC12CCCc1ccccc12. The molecule has 2 atom stereocenters. The molecule has 4 rings (SSSR count). The van der Waals surface area contributed by atoms with E-state index in [1.807, 2.05) is 0 Å². The predicted molar refractivity (Wildman–Crippen MR) is 81.5 cm³/mol. The average molecular weight is 299 g/mol. The van der Waals surface area contributed by atoms with Crippen LogP contribution in [0.15, 0.2) is 24.3 Å². The molecule has 3 aliphatic rings. The molecule has 0 aromatic heterocycles. The number of aliphatic carboxylic acids is 1. The van der Waals surface area contributed by atoms with Crippen molar-refractivity contribution in [3.63, 3.8) is 0 Å². The standard InChI is InChI=1S/C18H21NO3/c20-15(19-11-17(8-9-17)16(21)22)14-10-18(14)7-3-5-12-4-1-2-6-13(12)18/h1-2,4,6,14H,3,5,7-11H2,(H,19,20)(H,21,22). The summed E-state index contributed by atoms with van der Waals surface area (Å²) in [4.78, 5) is 23.7. The fourth-order valence-corrected chi connectivity index (χ4v) is 4.17. The van der Waals surface area contributed by atoms with Crippen molar-refractivity contribution in [2.24, 2.45) is 11.3 Å². The van der Waals surface area contributed by atoms with E-state index in [0.717, 1.165) is 25.7 Å². The molecule has 0 bridgehead atoms. The lowest BCUT2D eigenvalue weighted by Crippen LogP contribution is -2.36. The number of amides is 1. The van der Waals surface area contributed by atoms with Gasteiger partial charge < -0.3 is 10.4 Å². The summed E-state index contributed by atoms with van der Waals surface area (Å²) in [6, 6.07) is 8.47. The van der Waals surface area contributed by atoms with Crippen molar-refractivity contribution in [1.82, 2.24) is 5.32 Å². The Hall–Kier alpha value is -1.84. The number of rotatable bonds is 4. The van der Waals surface area contributed by atoms with E-state index in [4.69, 9.17) is 0 Å². The van der Waals surface area contributed by atoms with Crippen LogP contribution >= 0.6 is 0 Å². The predicted octanol–water partition coefficient (Wildman–Crippen LogP) is 2.26. The van der Waals surface area contributed by atoms with Crippen LogP contribution in [0.2, 0.25) is 0 Å². The molecule has 0 aliphatic heterocycles. The fraction of sp³-hybridized carbons (Fsp3) is 0.556. The Kier molecular flexibility index (Phi) is 2.87. The third kappa shape index (κ3) is 1.97. The highest BCUT2D eigenvalue weighted by Gasteiger charge is 2.60. The maximum atomic E-state index is 12.5. The number of carbonyl (C=O) groups is 2. The largest absolute Gasteiger partial charge is 0.481 e. The molecule has 0 radical (unpaired) electrons. The van der Waals surface area contributed by atoms with Crippen LogP contribution in [0.4, 0.5) is 0 Å². The monoisotopic (exact) mass is 299 g/mol. The highest BCUT2D eigenvalue weighted by molar-refractivity contribution is 5.86. The molecule has 2 fully saturated rings. The van der Waals surface area contributed by atoms with Crippen molar-refractivity contribution in [1.29, 1.82) is 0 Å². The number of carboxylic acid groups (broad SMARTS) is 1. The van der Waals surface area contributed by atoms with Gasteiger partial charge in [-0.05, 0) is 49.7 Å². The minimum atomic E-state index is -0.777. The summed E-state index contributed by atoms with van der Waals surface area (Å²) in [5, 5.41) is 12.1. The molecule has 4 heteroatoms. The molecule has 4 nitrogen and oxygen atoms in total. The molecule has 3 aliphatic carbocycles. The van der Waals surface area contributed by atoms with Gasteiger partial charge in [0.25, 0.3) is 0 Å². The lowest BCUT2D eigenvalue weighted by molar-refractivity contribution is -0.143. The Labute approximate surface area is 129 Å². The molecular weight excluding hydrogens is 278 g/mol. The van der Waals surface area contributed by atoms with Crippen LogP contribution in [0.3, 0.4) is 0 Å². The number of fused-ring (bicyclic) bond motifs is 2. The first-order chi connectivity index (χ1) is 10.6. The Balaban J connectivity index is 1.46. The van der Waals surface area contributed by atoms with Crippen molar-refractivity contribution in [3.8, 4) is 0 Å². The van der Waals surface area contributed by atoms with Crippen LogP contribution < -0.4 is 5.32 Å².